The highest BCUT2D eigenvalue weighted by Gasteiger charge is 2.01. The predicted octanol–water partition coefficient (Wildman–Crippen LogP) is 12.6. The number of Topliss-reactive ketones (excluding diaryl/α,β-unsaturated/α-hetero) is 1. The van der Waals surface area contributed by atoms with Crippen LogP contribution in [0.5, 0.6) is 0 Å². The van der Waals surface area contributed by atoms with Crippen LogP contribution in [-0.2, 0) is 4.79 Å². The highest BCUT2D eigenvalue weighted by Crippen LogP contribution is 2.13. The van der Waals surface area contributed by atoms with Gasteiger partial charge in [-0.1, -0.05) is 141 Å². The molecule has 1 nitrogen and oxygen atoms in total. The van der Waals surface area contributed by atoms with E-state index in [2.05, 4.69) is 38.2 Å². The summed E-state index contributed by atoms with van der Waals surface area (Å²) in [5.74, 6) is 0.479. The monoisotopic (exact) mass is 503 g/mol. The minimum Gasteiger partial charge on any atom is -0.300 e. The molecule has 0 N–H and O–H groups in total. The summed E-state index contributed by atoms with van der Waals surface area (Å²) in [6.07, 6.45) is 45.5. The van der Waals surface area contributed by atoms with Crippen molar-refractivity contribution in [2.24, 2.45) is 0 Å². The lowest BCUT2D eigenvalue weighted by molar-refractivity contribution is -0.119. The third-order valence-corrected chi connectivity index (χ3v) is 7.43. The molecule has 1 heteroatoms. The van der Waals surface area contributed by atoms with E-state index in [1.165, 1.54) is 141 Å². The topological polar surface area (TPSA) is 17.1 Å². The standard InChI is InChI=1S/C35H66O/c1-3-5-7-9-11-13-15-17-19-21-23-25-27-29-31-33-35(36)34-32-30-28-26-24-22-20-18-16-14-12-10-8-6-4-2/h23-26H,3-22,27-34H2,1-2H3. The van der Waals surface area contributed by atoms with Crippen molar-refractivity contribution < 1.29 is 4.79 Å². The van der Waals surface area contributed by atoms with Crippen LogP contribution in [-0.4, -0.2) is 5.78 Å². The molecule has 0 amide bonds. The molecule has 0 aromatic carbocycles. The number of ketones is 1. The Bertz CT molecular complexity index is 433. The molecule has 0 fully saturated rings. The summed E-state index contributed by atoms with van der Waals surface area (Å²) in [5.41, 5.74) is 0. The van der Waals surface area contributed by atoms with Gasteiger partial charge in [0.25, 0.3) is 0 Å². The minimum atomic E-state index is 0.479. The Hall–Kier alpha value is -0.850. The number of carbonyl (C=O) groups excluding carboxylic acids is 1. The van der Waals surface area contributed by atoms with Crippen LogP contribution in [0.2, 0.25) is 0 Å². The van der Waals surface area contributed by atoms with E-state index in [0.717, 1.165) is 38.5 Å². The van der Waals surface area contributed by atoms with E-state index in [0.29, 0.717) is 5.78 Å². The van der Waals surface area contributed by atoms with Gasteiger partial charge in [-0.3, -0.25) is 4.79 Å². The zero-order valence-corrected chi connectivity index (χ0v) is 25.0. The Morgan fingerprint density at radius 2 is 0.611 bits per heavy atom. The largest absolute Gasteiger partial charge is 0.300 e. The lowest BCUT2D eigenvalue weighted by atomic mass is 10.0. The van der Waals surface area contributed by atoms with Gasteiger partial charge >= 0.3 is 0 Å². The molecule has 0 rings (SSSR count). The van der Waals surface area contributed by atoms with Gasteiger partial charge in [0, 0.05) is 12.8 Å². The van der Waals surface area contributed by atoms with Crippen LogP contribution in [0, 0.1) is 0 Å². The Kier molecular flexibility index (Phi) is 31.4. The quantitative estimate of drug-likeness (QED) is 0.0704. The summed E-state index contributed by atoms with van der Waals surface area (Å²) in [6, 6.07) is 0. The fourth-order valence-corrected chi connectivity index (χ4v) is 4.91. The van der Waals surface area contributed by atoms with Crippen molar-refractivity contribution in [3.8, 4) is 0 Å². The van der Waals surface area contributed by atoms with E-state index < -0.39 is 0 Å². The first-order chi connectivity index (χ1) is 17.8. The van der Waals surface area contributed by atoms with Crippen LogP contribution in [0.15, 0.2) is 24.3 Å². The molecule has 36 heavy (non-hydrogen) atoms. The third-order valence-electron chi connectivity index (χ3n) is 7.43. The Morgan fingerprint density at radius 1 is 0.361 bits per heavy atom. The van der Waals surface area contributed by atoms with Crippen molar-refractivity contribution in [2.75, 3.05) is 0 Å². The first-order valence-corrected chi connectivity index (χ1v) is 16.6. The molecule has 0 aliphatic carbocycles. The smallest absolute Gasteiger partial charge is 0.132 e. The number of allylic oxidation sites excluding steroid dienone is 4. The van der Waals surface area contributed by atoms with E-state index >= 15 is 0 Å². The molecule has 0 unspecified atom stereocenters. The Balaban J connectivity index is 3.27. The maximum Gasteiger partial charge on any atom is 0.132 e. The van der Waals surface area contributed by atoms with Gasteiger partial charge in [0.15, 0.2) is 0 Å². The molecule has 0 spiro atoms. The maximum absolute atomic E-state index is 12.1. The van der Waals surface area contributed by atoms with Gasteiger partial charge in [0.1, 0.15) is 5.78 Å². The molecule has 0 aliphatic rings. The average molecular weight is 503 g/mol. The second kappa shape index (κ2) is 32.2. The van der Waals surface area contributed by atoms with E-state index in [9.17, 15) is 4.79 Å². The molecule has 0 radical (unpaired) electrons. The summed E-state index contributed by atoms with van der Waals surface area (Å²) < 4.78 is 0. The highest BCUT2D eigenvalue weighted by molar-refractivity contribution is 5.78. The molecule has 212 valence electrons. The average Bonchev–Trinajstić information content (AvgIpc) is 2.88. The van der Waals surface area contributed by atoms with Crippen LogP contribution in [0.1, 0.15) is 194 Å². The molecule has 0 aliphatic heterocycles. The van der Waals surface area contributed by atoms with Crippen molar-refractivity contribution in [3.05, 3.63) is 24.3 Å². The Labute approximate surface area is 228 Å². The summed E-state index contributed by atoms with van der Waals surface area (Å²) in [6.45, 7) is 4.57. The molecule has 0 atom stereocenters. The van der Waals surface area contributed by atoms with Crippen LogP contribution < -0.4 is 0 Å². The molecular formula is C35H66O. The van der Waals surface area contributed by atoms with Gasteiger partial charge in [-0.05, 0) is 64.2 Å². The number of carbonyl (C=O) groups is 1. The molecule has 0 saturated carbocycles. The number of rotatable bonds is 30. The van der Waals surface area contributed by atoms with E-state index in [4.69, 9.17) is 0 Å². The fraction of sp³-hybridized carbons (Fsp3) is 0.857. The van der Waals surface area contributed by atoms with E-state index in [1.54, 1.807) is 0 Å². The van der Waals surface area contributed by atoms with Crippen LogP contribution in [0.4, 0.5) is 0 Å². The van der Waals surface area contributed by atoms with Gasteiger partial charge in [0.05, 0.1) is 0 Å². The summed E-state index contributed by atoms with van der Waals surface area (Å²) in [5, 5.41) is 0. The predicted molar refractivity (Wildman–Crippen MR) is 164 cm³/mol. The van der Waals surface area contributed by atoms with Gasteiger partial charge in [-0.25, -0.2) is 0 Å². The van der Waals surface area contributed by atoms with Gasteiger partial charge < -0.3 is 0 Å². The minimum absolute atomic E-state index is 0.479. The molecular weight excluding hydrogens is 436 g/mol. The first-order valence-electron chi connectivity index (χ1n) is 16.6. The summed E-state index contributed by atoms with van der Waals surface area (Å²) in [7, 11) is 0. The summed E-state index contributed by atoms with van der Waals surface area (Å²) in [4.78, 5) is 12.1. The SMILES string of the molecule is CCCCCCCCCCCC=CCCCCC(=O)CCCCC=CCCCCCCCCCCC. The number of hydrogen-bond acceptors (Lipinski definition) is 1. The van der Waals surface area contributed by atoms with Gasteiger partial charge in [-0.2, -0.15) is 0 Å². The van der Waals surface area contributed by atoms with Gasteiger partial charge in [-0.15, -0.1) is 0 Å². The van der Waals surface area contributed by atoms with E-state index in [-0.39, 0.29) is 0 Å². The lowest BCUT2D eigenvalue weighted by Gasteiger charge is -2.01. The van der Waals surface area contributed by atoms with Crippen molar-refractivity contribution in [1.29, 1.82) is 0 Å². The normalized spacial score (nSPS) is 11.8. The molecule has 0 aromatic heterocycles. The van der Waals surface area contributed by atoms with E-state index in [1.807, 2.05) is 0 Å². The van der Waals surface area contributed by atoms with Crippen molar-refractivity contribution >= 4 is 5.78 Å². The van der Waals surface area contributed by atoms with Crippen LogP contribution in [0.25, 0.3) is 0 Å². The van der Waals surface area contributed by atoms with Crippen molar-refractivity contribution in [1.82, 2.24) is 0 Å². The lowest BCUT2D eigenvalue weighted by Crippen LogP contribution is -1.97. The Morgan fingerprint density at radius 3 is 0.917 bits per heavy atom. The number of unbranched alkanes of at least 4 members (excludes halogenated alkanes) is 22. The van der Waals surface area contributed by atoms with Crippen molar-refractivity contribution in [2.45, 2.75) is 194 Å². The van der Waals surface area contributed by atoms with Crippen LogP contribution >= 0.6 is 0 Å². The zero-order chi connectivity index (χ0) is 26.2. The fourth-order valence-electron chi connectivity index (χ4n) is 4.91. The second-order valence-corrected chi connectivity index (χ2v) is 11.2. The molecule has 0 saturated heterocycles. The zero-order valence-electron chi connectivity index (χ0n) is 25.0. The maximum atomic E-state index is 12.1. The van der Waals surface area contributed by atoms with Crippen LogP contribution in [0.3, 0.4) is 0 Å². The molecule has 0 aromatic rings. The molecule has 0 heterocycles. The number of hydrogen-bond donors (Lipinski definition) is 0. The van der Waals surface area contributed by atoms with Crippen molar-refractivity contribution in [3.63, 3.8) is 0 Å². The third kappa shape index (κ3) is 31.2. The molecule has 0 bridgehead atoms. The first kappa shape index (κ1) is 35.2. The second-order valence-electron chi connectivity index (χ2n) is 11.2. The van der Waals surface area contributed by atoms with Gasteiger partial charge in [0.2, 0.25) is 0 Å². The highest BCUT2D eigenvalue weighted by atomic mass is 16.1. The summed E-state index contributed by atoms with van der Waals surface area (Å²) >= 11 is 0.